The van der Waals surface area contributed by atoms with Crippen LogP contribution in [0.15, 0.2) is 48.8 Å². The molecule has 1 aromatic heterocycles. The molecule has 0 spiro atoms. The van der Waals surface area contributed by atoms with Crippen molar-refractivity contribution in [3.8, 4) is 0 Å². The van der Waals surface area contributed by atoms with E-state index in [1.807, 2.05) is 12.1 Å². The number of halogens is 1. The third kappa shape index (κ3) is 3.36. The zero-order chi connectivity index (χ0) is 12.1. The Hall–Kier alpha value is -1.74. The monoisotopic (exact) mass is 231 g/mol. The summed E-state index contributed by atoms with van der Waals surface area (Å²) in [6, 6.07) is 10.2. The van der Waals surface area contributed by atoms with Gasteiger partial charge in [0.1, 0.15) is 5.82 Å². The van der Waals surface area contributed by atoms with Crippen LogP contribution in [0.3, 0.4) is 0 Å². The van der Waals surface area contributed by atoms with Crippen LogP contribution in [0.1, 0.15) is 11.1 Å². The minimum atomic E-state index is -0.587. The average molecular weight is 231 g/mol. The van der Waals surface area contributed by atoms with Crippen molar-refractivity contribution in [3.05, 3.63) is 65.7 Å². The van der Waals surface area contributed by atoms with Crippen LogP contribution in [0.4, 0.5) is 4.39 Å². The molecule has 0 aliphatic carbocycles. The second kappa shape index (κ2) is 5.55. The number of aromatic nitrogens is 1. The first-order valence-corrected chi connectivity index (χ1v) is 5.56. The van der Waals surface area contributed by atoms with E-state index in [0.717, 1.165) is 5.56 Å². The van der Waals surface area contributed by atoms with E-state index in [1.54, 1.807) is 30.6 Å². The molecule has 0 saturated carbocycles. The zero-order valence-corrected chi connectivity index (χ0v) is 9.38. The Labute approximate surface area is 99.8 Å². The SMILES string of the molecule is OC(Cc1cccnc1)Cc1ccccc1F. The Morgan fingerprint density at radius 1 is 1.12 bits per heavy atom. The molecule has 1 N–H and O–H groups in total. The van der Waals surface area contributed by atoms with Crippen molar-refractivity contribution in [2.24, 2.45) is 0 Å². The number of aliphatic hydroxyl groups is 1. The molecule has 0 radical (unpaired) electrons. The predicted octanol–water partition coefficient (Wildman–Crippen LogP) is 2.37. The van der Waals surface area contributed by atoms with E-state index in [4.69, 9.17) is 0 Å². The lowest BCUT2D eigenvalue weighted by Gasteiger charge is -2.10. The molecule has 0 amide bonds. The fourth-order valence-corrected chi connectivity index (χ4v) is 1.78. The van der Waals surface area contributed by atoms with Gasteiger partial charge in [-0.05, 0) is 23.3 Å². The summed E-state index contributed by atoms with van der Waals surface area (Å²) in [5.74, 6) is -0.266. The van der Waals surface area contributed by atoms with E-state index in [1.165, 1.54) is 6.07 Å². The van der Waals surface area contributed by atoms with Crippen LogP contribution in [-0.4, -0.2) is 16.2 Å². The van der Waals surface area contributed by atoms with E-state index >= 15 is 0 Å². The maximum atomic E-state index is 13.4. The Balaban J connectivity index is 1.98. The molecule has 2 aromatic rings. The molecule has 2 rings (SSSR count). The van der Waals surface area contributed by atoms with Crippen LogP contribution in [0.2, 0.25) is 0 Å². The molecule has 2 nitrogen and oxygen atoms in total. The molecule has 1 aromatic carbocycles. The second-order valence-electron chi connectivity index (χ2n) is 4.01. The van der Waals surface area contributed by atoms with Gasteiger partial charge in [0.25, 0.3) is 0 Å². The molecule has 3 heteroatoms. The summed E-state index contributed by atoms with van der Waals surface area (Å²) >= 11 is 0. The van der Waals surface area contributed by atoms with E-state index < -0.39 is 6.10 Å². The number of benzene rings is 1. The standard InChI is InChI=1S/C14H14FNO/c15-14-6-2-1-5-12(14)9-13(17)8-11-4-3-7-16-10-11/h1-7,10,13,17H,8-9H2. The van der Waals surface area contributed by atoms with Crippen molar-refractivity contribution >= 4 is 0 Å². The van der Waals surface area contributed by atoms with Gasteiger partial charge >= 0.3 is 0 Å². The van der Waals surface area contributed by atoms with E-state index in [-0.39, 0.29) is 5.82 Å². The highest BCUT2D eigenvalue weighted by molar-refractivity contribution is 5.19. The molecule has 1 atom stereocenters. The van der Waals surface area contributed by atoms with Crippen molar-refractivity contribution in [2.75, 3.05) is 0 Å². The van der Waals surface area contributed by atoms with Crippen LogP contribution in [0.25, 0.3) is 0 Å². The molecular formula is C14H14FNO. The van der Waals surface area contributed by atoms with Gasteiger partial charge in [0.15, 0.2) is 0 Å². The van der Waals surface area contributed by atoms with E-state index in [0.29, 0.717) is 18.4 Å². The first-order valence-electron chi connectivity index (χ1n) is 5.56. The Kier molecular flexibility index (Phi) is 3.83. The summed E-state index contributed by atoms with van der Waals surface area (Å²) in [5.41, 5.74) is 1.50. The molecule has 0 fully saturated rings. The first-order chi connectivity index (χ1) is 8.25. The van der Waals surface area contributed by atoms with Crippen LogP contribution >= 0.6 is 0 Å². The first kappa shape index (κ1) is 11.7. The van der Waals surface area contributed by atoms with Crippen LogP contribution in [0.5, 0.6) is 0 Å². The largest absolute Gasteiger partial charge is 0.392 e. The fourth-order valence-electron chi connectivity index (χ4n) is 1.78. The van der Waals surface area contributed by atoms with Crippen molar-refractivity contribution in [2.45, 2.75) is 18.9 Å². The quantitative estimate of drug-likeness (QED) is 0.876. The Morgan fingerprint density at radius 3 is 2.65 bits per heavy atom. The van der Waals surface area contributed by atoms with Crippen molar-refractivity contribution in [1.29, 1.82) is 0 Å². The number of pyridine rings is 1. The van der Waals surface area contributed by atoms with Gasteiger partial charge in [-0.1, -0.05) is 24.3 Å². The van der Waals surface area contributed by atoms with Gasteiger partial charge in [0.05, 0.1) is 6.10 Å². The average Bonchev–Trinajstić information content (AvgIpc) is 2.33. The molecule has 17 heavy (non-hydrogen) atoms. The minimum absolute atomic E-state index is 0.266. The maximum absolute atomic E-state index is 13.4. The highest BCUT2D eigenvalue weighted by atomic mass is 19.1. The van der Waals surface area contributed by atoms with Gasteiger partial charge in [-0.15, -0.1) is 0 Å². The van der Waals surface area contributed by atoms with Crippen LogP contribution < -0.4 is 0 Å². The number of rotatable bonds is 4. The zero-order valence-electron chi connectivity index (χ0n) is 9.38. The van der Waals surface area contributed by atoms with Gasteiger partial charge < -0.3 is 5.11 Å². The number of hydrogen-bond acceptors (Lipinski definition) is 2. The van der Waals surface area contributed by atoms with E-state index in [9.17, 15) is 9.50 Å². The predicted molar refractivity (Wildman–Crippen MR) is 64.1 cm³/mol. The second-order valence-corrected chi connectivity index (χ2v) is 4.01. The molecule has 1 unspecified atom stereocenters. The molecule has 0 aliphatic heterocycles. The normalized spacial score (nSPS) is 12.4. The summed E-state index contributed by atoms with van der Waals surface area (Å²) in [4.78, 5) is 3.98. The Bertz CT molecular complexity index is 473. The van der Waals surface area contributed by atoms with Crippen LogP contribution in [0, 0.1) is 5.82 Å². The van der Waals surface area contributed by atoms with Gasteiger partial charge in [-0.3, -0.25) is 4.98 Å². The molecule has 0 saturated heterocycles. The lowest BCUT2D eigenvalue weighted by molar-refractivity contribution is 0.174. The topological polar surface area (TPSA) is 33.1 Å². The summed E-state index contributed by atoms with van der Waals surface area (Å²) in [5, 5.41) is 9.89. The maximum Gasteiger partial charge on any atom is 0.126 e. The Morgan fingerprint density at radius 2 is 1.94 bits per heavy atom. The summed E-state index contributed by atoms with van der Waals surface area (Å²) in [6.45, 7) is 0. The lowest BCUT2D eigenvalue weighted by Crippen LogP contribution is -2.14. The van der Waals surface area contributed by atoms with Crippen LogP contribution in [-0.2, 0) is 12.8 Å². The van der Waals surface area contributed by atoms with Crippen molar-refractivity contribution in [1.82, 2.24) is 4.98 Å². The van der Waals surface area contributed by atoms with Crippen molar-refractivity contribution < 1.29 is 9.50 Å². The van der Waals surface area contributed by atoms with Crippen molar-refractivity contribution in [3.63, 3.8) is 0 Å². The number of hydrogen-bond donors (Lipinski definition) is 1. The molecule has 0 aliphatic rings. The van der Waals surface area contributed by atoms with Gasteiger partial charge in [-0.2, -0.15) is 0 Å². The fraction of sp³-hybridized carbons (Fsp3) is 0.214. The molecular weight excluding hydrogens is 217 g/mol. The molecule has 88 valence electrons. The lowest BCUT2D eigenvalue weighted by atomic mass is 10.0. The third-order valence-electron chi connectivity index (χ3n) is 2.61. The minimum Gasteiger partial charge on any atom is -0.392 e. The van der Waals surface area contributed by atoms with Gasteiger partial charge in [0.2, 0.25) is 0 Å². The summed E-state index contributed by atoms with van der Waals surface area (Å²) < 4.78 is 13.4. The summed E-state index contributed by atoms with van der Waals surface area (Å²) in [7, 11) is 0. The smallest absolute Gasteiger partial charge is 0.126 e. The van der Waals surface area contributed by atoms with E-state index in [2.05, 4.69) is 4.98 Å². The number of nitrogens with zero attached hydrogens (tertiary/aromatic N) is 1. The number of aliphatic hydroxyl groups excluding tert-OH is 1. The van der Waals surface area contributed by atoms with Gasteiger partial charge in [0, 0.05) is 25.2 Å². The van der Waals surface area contributed by atoms with Gasteiger partial charge in [-0.25, -0.2) is 4.39 Å². The molecule has 1 heterocycles. The highest BCUT2D eigenvalue weighted by Gasteiger charge is 2.09. The highest BCUT2D eigenvalue weighted by Crippen LogP contribution is 2.11. The third-order valence-corrected chi connectivity index (χ3v) is 2.61. The molecule has 0 bridgehead atoms. The summed E-state index contributed by atoms with van der Waals surface area (Å²) in [6.07, 6.45) is 3.62.